The van der Waals surface area contributed by atoms with E-state index in [4.69, 9.17) is 9.97 Å². The van der Waals surface area contributed by atoms with Crippen molar-refractivity contribution >= 4 is 18.6 Å². The fourth-order valence-electron chi connectivity index (χ4n) is 6.70. The molecule has 214 valence electrons. The van der Waals surface area contributed by atoms with Gasteiger partial charge in [0.1, 0.15) is 8.07 Å². The monoisotopic (exact) mass is 592 g/mol. The Morgan fingerprint density at radius 3 is 1.44 bits per heavy atom. The quantitative estimate of drug-likeness (QED) is 0.186. The predicted octanol–water partition coefficient (Wildman–Crippen LogP) is 9.61. The molecule has 0 amide bonds. The molecule has 1 aromatic heterocycles. The third kappa shape index (κ3) is 4.82. The van der Waals surface area contributed by atoms with Gasteiger partial charge in [0.05, 0.1) is 5.69 Å². The maximum absolute atomic E-state index is 5.37. The molecule has 2 nitrogen and oxygen atoms in total. The Hall–Kier alpha value is -5.38. The number of benzene rings is 6. The molecule has 0 saturated carbocycles. The second kappa shape index (κ2) is 11.0. The van der Waals surface area contributed by atoms with Gasteiger partial charge in [-0.3, -0.25) is 0 Å². The van der Waals surface area contributed by atoms with Gasteiger partial charge >= 0.3 is 0 Å². The summed E-state index contributed by atoms with van der Waals surface area (Å²) in [6, 6.07) is 56.3. The molecule has 0 unspecified atom stereocenters. The van der Waals surface area contributed by atoms with Gasteiger partial charge in [0.2, 0.25) is 0 Å². The van der Waals surface area contributed by atoms with E-state index in [-0.39, 0.29) is 0 Å². The van der Waals surface area contributed by atoms with Gasteiger partial charge in [0.25, 0.3) is 0 Å². The third-order valence-corrected chi connectivity index (χ3v) is 12.4. The lowest BCUT2D eigenvalue weighted by molar-refractivity contribution is 1.21. The first kappa shape index (κ1) is 27.2. The molecule has 45 heavy (non-hydrogen) atoms. The minimum absolute atomic E-state index is 0.787. The lowest BCUT2D eigenvalue weighted by atomic mass is 9.95. The number of hydrogen-bond acceptors (Lipinski definition) is 2. The largest absolute Gasteiger partial charge is 0.237 e. The maximum atomic E-state index is 5.37. The first-order chi connectivity index (χ1) is 22.1. The summed E-state index contributed by atoms with van der Waals surface area (Å²) in [6.07, 6.45) is 0. The zero-order chi connectivity index (χ0) is 30.4. The van der Waals surface area contributed by atoms with E-state index in [1.807, 2.05) is 0 Å². The molecule has 0 aliphatic carbocycles. The van der Waals surface area contributed by atoms with E-state index in [0.717, 1.165) is 28.2 Å². The van der Waals surface area contributed by atoms with E-state index < -0.39 is 8.07 Å². The fraction of sp³-hybridized carbons (Fsp3) is 0.0476. The standard InChI is InChI=1S/C42H32N2Si/c1-45(2)38-25-10-9-24-37(38)39-40(30-16-7-4-8-17-30)43-41(44-42(39)45)36-23-13-22-35(28-36)34-21-12-20-33(27-34)32-19-11-18-31(26-32)29-14-5-3-6-15-29/h3-28H,1-2H3. The van der Waals surface area contributed by atoms with Crippen LogP contribution in [-0.2, 0) is 0 Å². The van der Waals surface area contributed by atoms with Crippen molar-refractivity contribution in [2.75, 3.05) is 0 Å². The van der Waals surface area contributed by atoms with Crippen molar-refractivity contribution in [3.05, 3.63) is 158 Å². The molecule has 1 aliphatic heterocycles. The van der Waals surface area contributed by atoms with E-state index in [2.05, 4.69) is 171 Å². The molecule has 8 rings (SSSR count). The average molecular weight is 593 g/mol. The summed E-state index contributed by atoms with van der Waals surface area (Å²) in [5.41, 5.74) is 12.8. The molecule has 0 bridgehead atoms. The number of aromatic nitrogens is 2. The normalized spacial score (nSPS) is 12.8. The molecule has 3 heteroatoms. The highest BCUT2D eigenvalue weighted by molar-refractivity contribution is 7.03. The molecule has 0 N–H and O–H groups in total. The highest BCUT2D eigenvalue weighted by Crippen LogP contribution is 2.37. The molecule has 0 radical (unpaired) electrons. The van der Waals surface area contributed by atoms with Crippen LogP contribution in [0.4, 0.5) is 0 Å². The van der Waals surface area contributed by atoms with Crippen molar-refractivity contribution in [2.24, 2.45) is 0 Å². The molecule has 2 heterocycles. The predicted molar refractivity (Wildman–Crippen MR) is 191 cm³/mol. The SMILES string of the molecule is C[Si]1(C)c2ccccc2-c2c(-c3ccccc3)nc(-c3cccc(-c4cccc(-c5cccc(-c6ccccc6)c5)c4)c3)nc21. The van der Waals surface area contributed by atoms with Gasteiger partial charge in [0, 0.05) is 22.0 Å². The van der Waals surface area contributed by atoms with Crippen LogP contribution in [0, 0.1) is 0 Å². The highest BCUT2D eigenvalue weighted by Gasteiger charge is 2.41. The highest BCUT2D eigenvalue weighted by atomic mass is 28.3. The lowest BCUT2D eigenvalue weighted by Gasteiger charge is -2.19. The van der Waals surface area contributed by atoms with Crippen molar-refractivity contribution in [3.8, 4) is 67.2 Å². The van der Waals surface area contributed by atoms with E-state index in [0.29, 0.717) is 0 Å². The Morgan fingerprint density at radius 1 is 0.400 bits per heavy atom. The molecule has 0 spiro atoms. The minimum Gasteiger partial charge on any atom is -0.237 e. The molecule has 7 aromatic rings. The van der Waals surface area contributed by atoms with Gasteiger partial charge in [-0.15, -0.1) is 0 Å². The van der Waals surface area contributed by atoms with Crippen LogP contribution in [0.5, 0.6) is 0 Å². The number of nitrogens with zero attached hydrogens (tertiary/aromatic N) is 2. The summed E-state index contributed by atoms with van der Waals surface area (Å²) in [6.45, 7) is 4.83. The third-order valence-electron chi connectivity index (χ3n) is 9.04. The first-order valence-electron chi connectivity index (χ1n) is 15.5. The van der Waals surface area contributed by atoms with Crippen LogP contribution in [0.3, 0.4) is 0 Å². The summed E-state index contributed by atoms with van der Waals surface area (Å²) >= 11 is 0. The molecule has 0 saturated heterocycles. The molecule has 6 aromatic carbocycles. The van der Waals surface area contributed by atoms with Crippen molar-refractivity contribution in [1.29, 1.82) is 0 Å². The zero-order valence-corrected chi connectivity index (χ0v) is 26.4. The summed E-state index contributed by atoms with van der Waals surface area (Å²) in [4.78, 5) is 10.7. The number of hydrogen-bond donors (Lipinski definition) is 0. The van der Waals surface area contributed by atoms with Crippen LogP contribution in [0.25, 0.3) is 67.2 Å². The average Bonchev–Trinajstić information content (AvgIpc) is 3.35. The van der Waals surface area contributed by atoms with Crippen LogP contribution in [-0.4, -0.2) is 18.0 Å². The Morgan fingerprint density at radius 2 is 0.844 bits per heavy atom. The maximum Gasteiger partial charge on any atom is 0.159 e. The van der Waals surface area contributed by atoms with Crippen LogP contribution < -0.4 is 10.5 Å². The topological polar surface area (TPSA) is 25.8 Å². The van der Waals surface area contributed by atoms with Crippen LogP contribution in [0.1, 0.15) is 0 Å². The number of rotatable bonds is 5. The smallest absolute Gasteiger partial charge is 0.159 e. The van der Waals surface area contributed by atoms with Gasteiger partial charge in [-0.05, 0) is 62.3 Å². The zero-order valence-electron chi connectivity index (χ0n) is 25.4. The number of fused-ring (bicyclic) bond motifs is 3. The van der Waals surface area contributed by atoms with Gasteiger partial charge in [-0.25, -0.2) is 9.97 Å². The van der Waals surface area contributed by atoms with E-state index >= 15 is 0 Å². The summed E-state index contributed by atoms with van der Waals surface area (Å²) in [5, 5.41) is 2.66. The van der Waals surface area contributed by atoms with Crippen LogP contribution in [0.15, 0.2) is 158 Å². The van der Waals surface area contributed by atoms with Gasteiger partial charge in [-0.2, -0.15) is 0 Å². The molecule has 1 aliphatic rings. The summed E-state index contributed by atoms with van der Waals surface area (Å²) in [5.74, 6) is 0.787. The van der Waals surface area contributed by atoms with Gasteiger partial charge in [0.15, 0.2) is 5.82 Å². The fourth-order valence-corrected chi connectivity index (χ4v) is 9.61. The second-order valence-electron chi connectivity index (χ2n) is 12.3. The molecule has 0 fully saturated rings. The van der Waals surface area contributed by atoms with Gasteiger partial charge < -0.3 is 0 Å². The minimum atomic E-state index is -2.01. The van der Waals surface area contributed by atoms with Crippen LogP contribution >= 0.6 is 0 Å². The Labute approximate surface area is 265 Å². The van der Waals surface area contributed by atoms with E-state index in [1.165, 1.54) is 49.4 Å². The van der Waals surface area contributed by atoms with Crippen molar-refractivity contribution in [3.63, 3.8) is 0 Å². The van der Waals surface area contributed by atoms with Crippen molar-refractivity contribution < 1.29 is 0 Å². The Balaban J connectivity index is 1.22. The first-order valence-corrected chi connectivity index (χ1v) is 18.5. The second-order valence-corrected chi connectivity index (χ2v) is 16.5. The van der Waals surface area contributed by atoms with E-state index in [1.54, 1.807) is 0 Å². The molecular formula is C42H32N2Si. The van der Waals surface area contributed by atoms with Crippen LogP contribution in [0.2, 0.25) is 13.1 Å². The summed E-state index contributed by atoms with van der Waals surface area (Å²) < 4.78 is 0. The molecule has 0 atom stereocenters. The van der Waals surface area contributed by atoms with Crippen molar-refractivity contribution in [2.45, 2.75) is 13.1 Å². The molecular weight excluding hydrogens is 561 g/mol. The lowest BCUT2D eigenvalue weighted by Crippen LogP contribution is -2.50. The Kier molecular flexibility index (Phi) is 6.62. The van der Waals surface area contributed by atoms with Crippen molar-refractivity contribution in [1.82, 2.24) is 9.97 Å². The van der Waals surface area contributed by atoms with Gasteiger partial charge in [-0.1, -0.05) is 153 Å². The van der Waals surface area contributed by atoms with E-state index in [9.17, 15) is 0 Å². The summed E-state index contributed by atoms with van der Waals surface area (Å²) in [7, 11) is -2.01. The Bertz CT molecular complexity index is 2190.